The summed E-state index contributed by atoms with van der Waals surface area (Å²) in [5.74, 6) is 0.368. The Bertz CT molecular complexity index is 430. The number of rotatable bonds is 0. The summed E-state index contributed by atoms with van der Waals surface area (Å²) in [6.45, 7) is 0. The largest absolute Gasteiger partial charge is 0.269 e. The van der Waals surface area contributed by atoms with Crippen LogP contribution in [0, 0.1) is 0 Å². The molecular formula is C6H4N4O. The Hall–Kier alpha value is -1.78. The van der Waals surface area contributed by atoms with E-state index in [1.54, 1.807) is 0 Å². The summed E-state index contributed by atoms with van der Waals surface area (Å²) in [5.41, 5.74) is -0.171. The van der Waals surface area contributed by atoms with Crippen LogP contribution in [0.5, 0.6) is 0 Å². The molecule has 0 spiro atoms. The molecule has 0 amide bonds. The normalized spacial score (nSPS) is 10.2. The van der Waals surface area contributed by atoms with Crippen LogP contribution in [0.2, 0.25) is 0 Å². The molecule has 0 unspecified atom stereocenters. The van der Waals surface area contributed by atoms with E-state index in [1.165, 1.54) is 29.3 Å². The summed E-state index contributed by atoms with van der Waals surface area (Å²) in [6.07, 6.45) is 4.16. The molecule has 0 aliphatic carbocycles. The SMILES string of the molecule is O=c1ccnc2ncncn12. The van der Waals surface area contributed by atoms with Crippen molar-refractivity contribution in [2.45, 2.75) is 0 Å². The van der Waals surface area contributed by atoms with Crippen molar-refractivity contribution < 1.29 is 0 Å². The first-order valence-corrected chi connectivity index (χ1v) is 3.01. The third-order valence-corrected chi connectivity index (χ3v) is 1.28. The van der Waals surface area contributed by atoms with Gasteiger partial charge in [0, 0.05) is 12.3 Å². The van der Waals surface area contributed by atoms with Crippen LogP contribution in [0.4, 0.5) is 0 Å². The van der Waals surface area contributed by atoms with E-state index in [4.69, 9.17) is 0 Å². The molecule has 0 radical (unpaired) electrons. The van der Waals surface area contributed by atoms with Gasteiger partial charge in [-0.05, 0) is 0 Å². The summed E-state index contributed by atoms with van der Waals surface area (Å²) in [6, 6.07) is 1.36. The highest BCUT2D eigenvalue weighted by atomic mass is 16.1. The Labute approximate surface area is 61.4 Å². The van der Waals surface area contributed by atoms with E-state index in [2.05, 4.69) is 15.0 Å². The smallest absolute Gasteiger partial charge is 0.260 e. The van der Waals surface area contributed by atoms with Crippen molar-refractivity contribution in [2.75, 3.05) is 0 Å². The molecule has 2 aromatic heterocycles. The monoisotopic (exact) mass is 148 g/mol. The van der Waals surface area contributed by atoms with Crippen LogP contribution >= 0.6 is 0 Å². The number of hydrogen-bond acceptors (Lipinski definition) is 4. The molecule has 0 aromatic carbocycles. The van der Waals surface area contributed by atoms with Crippen molar-refractivity contribution in [3.63, 3.8) is 0 Å². The molecule has 0 aliphatic heterocycles. The Morgan fingerprint density at radius 1 is 1.36 bits per heavy atom. The number of aromatic nitrogens is 4. The highest BCUT2D eigenvalue weighted by molar-refractivity contribution is 5.22. The van der Waals surface area contributed by atoms with E-state index < -0.39 is 0 Å². The van der Waals surface area contributed by atoms with Gasteiger partial charge in [-0.25, -0.2) is 19.4 Å². The molecule has 0 atom stereocenters. The summed E-state index contributed by atoms with van der Waals surface area (Å²) in [5, 5.41) is 0. The molecule has 2 heterocycles. The molecule has 0 fully saturated rings. The maximum absolute atomic E-state index is 11.0. The fraction of sp³-hybridized carbons (Fsp3) is 0. The number of nitrogens with zero attached hydrogens (tertiary/aromatic N) is 4. The standard InChI is InChI=1S/C6H4N4O/c11-5-1-2-8-6-9-3-7-4-10(5)6/h1-4H. The highest BCUT2D eigenvalue weighted by Crippen LogP contribution is 1.83. The van der Waals surface area contributed by atoms with Gasteiger partial charge in [-0.15, -0.1) is 0 Å². The fourth-order valence-electron chi connectivity index (χ4n) is 0.794. The molecule has 0 saturated heterocycles. The molecule has 0 N–H and O–H groups in total. The second kappa shape index (κ2) is 2.12. The predicted octanol–water partition coefficient (Wildman–Crippen LogP) is -0.515. The van der Waals surface area contributed by atoms with Gasteiger partial charge in [-0.3, -0.25) is 4.79 Å². The maximum atomic E-state index is 11.0. The Kier molecular flexibility index (Phi) is 1.15. The van der Waals surface area contributed by atoms with Gasteiger partial charge >= 0.3 is 0 Å². The maximum Gasteiger partial charge on any atom is 0.260 e. The number of hydrogen-bond donors (Lipinski definition) is 0. The van der Waals surface area contributed by atoms with Crippen molar-refractivity contribution >= 4 is 5.78 Å². The average Bonchev–Trinajstić information content (AvgIpc) is 2.06. The quantitative estimate of drug-likeness (QED) is 0.504. The lowest BCUT2D eigenvalue weighted by molar-refractivity contribution is 0.935. The predicted molar refractivity (Wildman–Crippen MR) is 37.1 cm³/mol. The molecule has 5 heteroatoms. The summed E-state index contributed by atoms with van der Waals surface area (Å²) >= 11 is 0. The molecule has 54 valence electrons. The van der Waals surface area contributed by atoms with Crippen LogP contribution < -0.4 is 5.56 Å². The first-order valence-electron chi connectivity index (χ1n) is 3.01. The average molecular weight is 148 g/mol. The fourth-order valence-corrected chi connectivity index (χ4v) is 0.794. The van der Waals surface area contributed by atoms with E-state index >= 15 is 0 Å². The Morgan fingerprint density at radius 3 is 3.09 bits per heavy atom. The van der Waals surface area contributed by atoms with Crippen molar-refractivity contribution in [2.24, 2.45) is 0 Å². The third kappa shape index (κ3) is 0.861. The minimum atomic E-state index is -0.171. The molecule has 0 aliphatic rings. The van der Waals surface area contributed by atoms with Crippen LogP contribution in [0.3, 0.4) is 0 Å². The van der Waals surface area contributed by atoms with Crippen molar-refractivity contribution in [3.8, 4) is 0 Å². The minimum absolute atomic E-state index is 0.171. The zero-order valence-electron chi connectivity index (χ0n) is 5.51. The van der Waals surface area contributed by atoms with Crippen LogP contribution in [0.1, 0.15) is 0 Å². The minimum Gasteiger partial charge on any atom is -0.269 e. The van der Waals surface area contributed by atoms with E-state index in [1.807, 2.05) is 0 Å². The van der Waals surface area contributed by atoms with Crippen LogP contribution in [0.15, 0.2) is 29.7 Å². The first kappa shape index (κ1) is 5.96. The van der Waals surface area contributed by atoms with E-state index in [9.17, 15) is 4.79 Å². The van der Waals surface area contributed by atoms with Crippen LogP contribution in [-0.2, 0) is 0 Å². The Balaban J connectivity index is 3.03. The van der Waals surface area contributed by atoms with Crippen LogP contribution in [-0.4, -0.2) is 19.4 Å². The third-order valence-electron chi connectivity index (χ3n) is 1.28. The summed E-state index contributed by atoms with van der Waals surface area (Å²) in [4.78, 5) is 22.3. The molecule has 2 rings (SSSR count). The van der Waals surface area contributed by atoms with Gasteiger partial charge in [0.15, 0.2) is 0 Å². The zero-order chi connectivity index (χ0) is 7.68. The van der Waals surface area contributed by atoms with Gasteiger partial charge in [-0.1, -0.05) is 0 Å². The Morgan fingerprint density at radius 2 is 2.27 bits per heavy atom. The molecule has 0 bridgehead atoms. The second-order valence-electron chi connectivity index (χ2n) is 1.96. The lowest BCUT2D eigenvalue weighted by Gasteiger charge is -1.92. The zero-order valence-corrected chi connectivity index (χ0v) is 5.51. The number of fused-ring (bicyclic) bond motifs is 1. The second-order valence-corrected chi connectivity index (χ2v) is 1.96. The van der Waals surface area contributed by atoms with E-state index in [0.29, 0.717) is 5.78 Å². The van der Waals surface area contributed by atoms with Crippen molar-refractivity contribution in [1.82, 2.24) is 19.4 Å². The molecular weight excluding hydrogens is 144 g/mol. The van der Waals surface area contributed by atoms with Gasteiger partial charge in [0.05, 0.1) is 0 Å². The van der Waals surface area contributed by atoms with E-state index in [0.717, 1.165) is 0 Å². The topological polar surface area (TPSA) is 60.2 Å². The van der Waals surface area contributed by atoms with Crippen molar-refractivity contribution in [3.05, 3.63) is 35.3 Å². The molecule has 5 nitrogen and oxygen atoms in total. The molecule has 11 heavy (non-hydrogen) atoms. The summed E-state index contributed by atoms with van der Waals surface area (Å²) < 4.78 is 1.28. The first-order chi connectivity index (χ1) is 5.38. The van der Waals surface area contributed by atoms with E-state index in [-0.39, 0.29) is 5.56 Å². The van der Waals surface area contributed by atoms with Gasteiger partial charge in [0.1, 0.15) is 12.7 Å². The van der Waals surface area contributed by atoms with Gasteiger partial charge in [-0.2, -0.15) is 0 Å². The lowest BCUT2D eigenvalue weighted by atomic mass is 10.6. The van der Waals surface area contributed by atoms with Gasteiger partial charge < -0.3 is 0 Å². The molecule has 2 aromatic rings. The van der Waals surface area contributed by atoms with Gasteiger partial charge in [0.25, 0.3) is 5.56 Å². The van der Waals surface area contributed by atoms with Gasteiger partial charge in [0.2, 0.25) is 5.78 Å². The molecule has 0 saturated carbocycles. The lowest BCUT2D eigenvalue weighted by Crippen LogP contribution is -2.13. The van der Waals surface area contributed by atoms with Crippen LogP contribution in [0.25, 0.3) is 5.78 Å². The highest BCUT2D eigenvalue weighted by Gasteiger charge is 1.93. The van der Waals surface area contributed by atoms with Crippen molar-refractivity contribution in [1.29, 1.82) is 0 Å². The summed E-state index contributed by atoms with van der Waals surface area (Å²) in [7, 11) is 0.